The third kappa shape index (κ3) is 3.70. The van der Waals surface area contributed by atoms with Gasteiger partial charge in [0.25, 0.3) is 0 Å². The summed E-state index contributed by atoms with van der Waals surface area (Å²) in [5, 5.41) is 6.33. The monoisotopic (exact) mass is 424 g/mol. The molecule has 0 saturated heterocycles. The second kappa shape index (κ2) is 7.37. The topological polar surface area (TPSA) is 69.1 Å². The molecule has 0 bridgehead atoms. The molecule has 2 N–H and O–H groups in total. The van der Waals surface area contributed by atoms with Crippen LogP contribution in [0.4, 0.5) is 5.82 Å². The molecule has 0 amide bonds. The third-order valence-electron chi connectivity index (χ3n) is 2.58. The van der Waals surface area contributed by atoms with E-state index in [4.69, 9.17) is 17.3 Å². The minimum atomic E-state index is -0.292. The van der Waals surface area contributed by atoms with Crippen molar-refractivity contribution in [3.8, 4) is 0 Å². The van der Waals surface area contributed by atoms with Gasteiger partial charge in [-0.25, -0.2) is 0 Å². The first-order valence-electron chi connectivity index (χ1n) is 6.11. The maximum absolute atomic E-state index is 6.06. The fourth-order valence-electron chi connectivity index (χ4n) is 1.55. The van der Waals surface area contributed by atoms with Crippen molar-refractivity contribution in [2.45, 2.75) is 19.8 Å². The van der Waals surface area contributed by atoms with Gasteiger partial charge in [0.1, 0.15) is 0 Å². The second-order valence-corrected chi connectivity index (χ2v) is 8.06. The number of aromatic nitrogens is 3. The standard InChI is InChI=1S/C12H16ClIN5S/c1-8(2)10-6-16-19(14-4-3-13)12(10)18-11(15)9-5-17-20-7-9/h5-8H,3-4H2,1-2H3,(H2,15,18)/q-1. The molecule has 0 spiro atoms. The zero-order valence-corrected chi connectivity index (χ0v) is 15.0. The Kier molecular flexibility index (Phi) is 5.79. The second-order valence-electron chi connectivity index (χ2n) is 4.35. The number of nitrogens with two attached hydrogens (primary N) is 1. The van der Waals surface area contributed by atoms with Crippen molar-refractivity contribution in [1.29, 1.82) is 0 Å². The van der Waals surface area contributed by atoms with E-state index in [1.165, 1.54) is 11.5 Å². The molecule has 2 rings (SSSR count). The Labute approximate surface area is 138 Å². The molecule has 0 atom stereocenters. The SMILES string of the molecule is CC(C)c1cnn([I-]CCCl)c1N=C(N)c1cnsc1. The number of hydrogen-bond acceptors (Lipinski definition) is 4. The van der Waals surface area contributed by atoms with E-state index in [0.717, 1.165) is 21.4 Å². The Bertz CT molecular complexity index is 579. The van der Waals surface area contributed by atoms with Crippen LogP contribution >= 0.6 is 23.1 Å². The summed E-state index contributed by atoms with van der Waals surface area (Å²) < 4.78 is 6.99. The molecule has 2 heterocycles. The number of hydrogen-bond donors (Lipinski definition) is 1. The van der Waals surface area contributed by atoms with Crippen molar-refractivity contribution in [1.82, 2.24) is 12.4 Å². The Balaban J connectivity index is 2.37. The molecule has 0 radical (unpaired) electrons. The summed E-state index contributed by atoms with van der Waals surface area (Å²) in [4.78, 5) is 4.58. The van der Waals surface area contributed by atoms with Crippen LogP contribution in [0.3, 0.4) is 0 Å². The van der Waals surface area contributed by atoms with Gasteiger partial charge in [0.2, 0.25) is 0 Å². The van der Waals surface area contributed by atoms with Crippen molar-refractivity contribution in [3.63, 3.8) is 0 Å². The van der Waals surface area contributed by atoms with Crippen LogP contribution in [-0.2, 0) is 0 Å². The van der Waals surface area contributed by atoms with Gasteiger partial charge in [-0.05, 0) is 0 Å². The van der Waals surface area contributed by atoms with Crippen LogP contribution in [0.1, 0.15) is 30.9 Å². The minimum absolute atomic E-state index is 0.292. The molecule has 110 valence electrons. The first kappa shape index (κ1) is 15.7. The van der Waals surface area contributed by atoms with Gasteiger partial charge >= 0.3 is 138 Å². The van der Waals surface area contributed by atoms with E-state index in [0.29, 0.717) is 17.6 Å². The van der Waals surface area contributed by atoms with Crippen LogP contribution in [0.15, 0.2) is 22.8 Å². The van der Waals surface area contributed by atoms with E-state index in [1.807, 2.05) is 14.5 Å². The first-order chi connectivity index (χ1) is 9.63. The predicted octanol–water partition coefficient (Wildman–Crippen LogP) is -0.409. The van der Waals surface area contributed by atoms with Crippen molar-refractivity contribution >= 4 is 34.8 Å². The van der Waals surface area contributed by atoms with Crippen molar-refractivity contribution in [2.24, 2.45) is 10.7 Å². The summed E-state index contributed by atoms with van der Waals surface area (Å²) in [7, 11) is 0. The summed E-state index contributed by atoms with van der Waals surface area (Å²) in [6, 6.07) is 0. The van der Waals surface area contributed by atoms with Crippen LogP contribution in [0.25, 0.3) is 0 Å². The zero-order valence-electron chi connectivity index (χ0n) is 11.3. The number of halogens is 2. The Morgan fingerprint density at radius 3 is 2.95 bits per heavy atom. The molecule has 0 aliphatic rings. The molecule has 0 aromatic carbocycles. The van der Waals surface area contributed by atoms with E-state index in [1.54, 1.807) is 6.20 Å². The number of aliphatic imine (C=N–C) groups is 1. The molecule has 2 aromatic heterocycles. The average molecular weight is 425 g/mol. The number of nitrogens with zero attached hydrogens (tertiary/aromatic N) is 4. The van der Waals surface area contributed by atoms with Gasteiger partial charge in [-0.1, -0.05) is 0 Å². The molecule has 0 aliphatic heterocycles. The van der Waals surface area contributed by atoms with Crippen LogP contribution in [-0.4, -0.2) is 28.5 Å². The van der Waals surface area contributed by atoms with E-state index in [9.17, 15) is 0 Å². The van der Waals surface area contributed by atoms with Gasteiger partial charge in [-0.3, -0.25) is 0 Å². The summed E-state index contributed by atoms with van der Waals surface area (Å²) in [5.41, 5.74) is 8.03. The van der Waals surface area contributed by atoms with E-state index in [2.05, 4.69) is 28.3 Å². The summed E-state index contributed by atoms with van der Waals surface area (Å²) in [5.74, 6) is 2.35. The summed E-state index contributed by atoms with van der Waals surface area (Å²) in [6.07, 6.45) is 3.61. The molecule has 2 aromatic rings. The molecule has 0 saturated carbocycles. The van der Waals surface area contributed by atoms with Crippen molar-refractivity contribution in [2.75, 3.05) is 10.3 Å². The summed E-state index contributed by atoms with van der Waals surface area (Å²) in [6.45, 7) is 4.26. The van der Waals surface area contributed by atoms with E-state index >= 15 is 0 Å². The number of rotatable bonds is 6. The third-order valence-corrected chi connectivity index (χ3v) is 6.36. The van der Waals surface area contributed by atoms with Gasteiger partial charge in [-0.15, -0.1) is 0 Å². The zero-order chi connectivity index (χ0) is 14.5. The quantitative estimate of drug-likeness (QED) is 0.297. The fraction of sp³-hybridized carbons (Fsp3) is 0.417. The first-order valence-corrected chi connectivity index (χ1v) is 9.97. The molecule has 0 fully saturated rings. The van der Waals surface area contributed by atoms with Crippen molar-refractivity contribution in [3.05, 3.63) is 28.9 Å². The van der Waals surface area contributed by atoms with E-state index in [-0.39, 0.29) is 21.5 Å². The van der Waals surface area contributed by atoms with Gasteiger partial charge in [0.15, 0.2) is 0 Å². The van der Waals surface area contributed by atoms with Gasteiger partial charge < -0.3 is 0 Å². The Morgan fingerprint density at radius 1 is 1.55 bits per heavy atom. The molecule has 0 aliphatic carbocycles. The molecule has 8 heteroatoms. The van der Waals surface area contributed by atoms with Gasteiger partial charge in [-0.2, -0.15) is 0 Å². The van der Waals surface area contributed by atoms with E-state index < -0.39 is 0 Å². The predicted molar refractivity (Wildman–Crippen MR) is 79.8 cm³/mol. The Morgan fingerprint density at radius 2 is 2.35 bits per heavy atom. The van der Waals surface area contributed by atoms with Gasteiger partial charge in [0, 0.05) is 0 Å². The average Bonchev–Trinajstić information content (AvgIpc) is 3.05. The van der Waals surface area contributed by atoms with Gasteiger partial charge in [0.05, 0.1) is 0 Å². The van der Waals surface area contributed by atoms with Crippen molar-refractivity contribution < 1.29 is 21.5 Å². The maximum atomic E-state index is 6.06. The molecular formula is C12H16ClIN5S-. The fourth-order valence-corrected chi connectivity index (χ4v) is 4.16. The molecular weight excluding hydrogens is 409 g/mol. The normalized spacial score (nSPS) is 12.5. The molecule has 0 unspecified atom stereocenters. The van der Waals surface area contributed by atoms with Crippen LogP contribution in [0, 0.1) is 0 Å². The van der Waals surface area contributed by atoms with Crippen LogP contribution in [0.2, 0.25) is 0 Å². The Hall–Kier alpha value is -0.670. The molecule has 20 heavy (non-hydrogen) atoms. The summed E-state index contributed by atoms with van der Waals surface area (Å²) >= 11 is 6.85. The van der Waals surface area contributed by atoms with Crippen LogP contribution < -0.4 is 27.2 Å². The molecule has 5 nitrogen and oxygen atoms in total. The number of amidine groups is 1. The number of alkyl halides is 2. The van der Waals surface area contributed by atoms with Crippen LogP contribution in [0.5, 0.6) is 0 Å².